The van der Waals surface area contributed by atoms with Crippen LogP contribution in [0.2, 0.25) is 5.02 Å². The van der Waals surface area contributed by atoms with Crippen molar-refractivity contribution in [3.05, 3.63) is 41.2 Å². The van der Waals surface area contributed by atoms with Gasteiger partial charge in [-0.3, -0.25) is 14.4 Å². The molecule has 2 aromatic heterocycles. The number of fused-ring (bicyclic) bond motifs is 1. The molecule has 0 radical (unpaired) electrons. The summed E-state index contributed by atoms with van der Waals surface area (Å²) in [6.07, 6.45) is 2.52. The van der Waals surface area contributed by atoms with E-state index >= 15 is 0 Å². The molecule has 0 saturated carbocycles. The fourth-order valence-electron chi connectivity index (χ4n) is 2.86. The van der Waals surface area contributed by atoms with E-state index in [0.29, 0.717) is 22.4 Å². The van der Waals surface area contributed by atoms with Crippen molar-refractivity contribution >= 4 is 56.6 Å². The standard InChI is InChI=1S/C19H24ClN5OS.ClH/c1-13(2)25-16(8-9-21-25)18(26)24(11-5-10-23(3)4)19-22-15-7-6-14(20)12-17(15)27-19;/h6-9,12-13H,5,10-11H2,1-4H3;1H. The molecule has 3 rings (SSSR count). The Morgan fingerprint density at radius 2 is 2.00 bits per heavy atom. The highest BCUT2D eigenvalue weighted by molar-refractivity contribution is 7.22. The first-order valence-electron chi connectivity index (χ1n) is 8.93. The van der Waals surface area contributed by atoms with Crippen molar-refractivity contribution in [2.45, 2.75) is 26.3 Å². The Balaban J connectivity index is 0.00000280. The molecule has 1 aromatic carbocycles. The van der Waals surface area contributed by atoms with Gasteiger partial charge in [0.25, 0.3) is 5.91 Å². The van der Waals surface area contributed by atoms with Gasteiger partial charge in [-0.2, -0.15) is 5.10 Å². The van der Waals surface area contributed by atoms with E-state index in [1.54, 1.807) is 21.8 Å². The second kappa shape index (κ2) is 9.69. The van der Waals surface area contributed by atoms with E-state index in [9.17, 15) is 4.79 Å². The van der Waals surface area contributed by atoms with Crippen LogP contribution in [0.3, 0.4) is 0 Å². The van der Waals surface area contributed by atoms with Gasteiger partial charge < -0.3 is 4.90 Å². The second-order valence-corrected chi connectivity index (χ2v) is 8.42. The summed E-state index contributed by atoms with van der Waals surface area (Å²) in [7, 11) is 4.05. The molecule has 9 heteroatoms. The highest BCUT2D eigenvalue weighted by atomic mass is 35.5. The summed E-state index contributed by atoms with van der Waals surface area (Å²) in [5.41, 5.74) is 1.43. The predicted octanol–water partition coefficient (Wildman–Crippen LogP) is 4.75. The minimum absolute atomic E-state index is 0. The summed E-state index contributed by atoms with van der Waals surface area (Å²) in [5.74, 6) is -0.0786. The van der Waals surface area contributed by atoms with Gasteiger partial charge in [0, 0.05) is 23.8 Å². The predicted molar refractivity (Wildman–Crippen MR) is 119 cm³/mol. The molecule has 2 heterocycles. The van der Waals surface area contributed by atoms with E-state index in [1.807, 2.05) is 46.1 Å². The van der Waals surface area contributed by atoms with Crippen LogP contribution in [0, 0.1) is 0 Å². The third-order valence-corrected chi connectivity index (χ3v) is 5.46. The van der Waals surface area contributed by atoms with Crippen LogP contribution in [0.5, 0.6) is 0 Å². The van der Waals surface area contributed by atoms with Crippen molar-refractivity contribution in [1.82, 2.24) is 19.7 Å². The van der Waals surface area contributed by atoms with Crippen molar-refractivity contribution in [1.29, 1.82) is 0 Å². The molecule has 0 unspecified atom stereocenters. The van der Waals surface area contributed by atoms with Crippen LogP contribution >= 0.6 is 35.3 Å². The molecule has 3 aromatic rings. The summed E-state index contributed by atoms with van der Waals surface area (Å²) < 4.78 is 2.73. The van der Waals surface area contributed by atoms with Crippen LogP contribution in [0.4, 0.5) is 5.13 Å². The lowest BCUT2D eigenvalue weighted by atomic mass is 10.3. The Labute approximate surface area is 180 Å². The molecule has 28 heavy (non-hydrogen) atoms. The molecule has 0 aliphatic heterocycles. The van der Waals surface area contributed by atoms with Crippen LogP contribution in [0.25, 0.3) is 10.2 Å². The van der Waals surface area contributed by atoms with Crippen molar-refractivity contribution in [2.75, 3.05) is 32.1 Å². The minimum Gasteiger partial charge on any atom is -0.309 e. The second-order valence-electron chi connectivity index (χ2n) is 6.98. The number of benzene rings is 1. The number of rotatable bonds is 7. The number of anilines is 1. The van der Waals surface area contributed by atoms with E-state index in [4.69, 9.17) is 11.6 Å². The lowest BCUT2D eigenvalue weighted by molar-refractivity contribution is 0.0974. The monoisotopic (exact) mass is 441 g/mol. The molecule has 0 fully saturated rings. The Morgan fingerprint density at radius 1 is 1.25 bits per heavy atom. The Kier molecular flexibility index (Phi) is 7.83. The molecule has 0 aliphatic carbocycles. The number of carbonyl (C=O) groups is 1. The summed E-state index contributed by atoms with van der Waals surface area (Å²) in [6, 6.07) is 7.47. The third-order valence-electron chi connectivity index (χ3n) is 4.18. The Bertz CT molecular complexity index is 937. The number of hydrogen-bond acceptors (Lipinski definition) is 5. The van der Waals surface area contributed by atoms with Gasteiger partial charge in [-0.1, -0.05) is 22.9 Å². The van der Waals surface area contributed by atoms with Gasteiger partial charge in [0.2, 0.25) is 0 Å². The first-order chi connectivity index (χ1) is 12.9. The van der Waals surface area contributed by atoms with Gasteiger partial charge >= 0.3 is 0 Å². The zero-order valence-corrected chi connectivity index (χ0v) is 18.8. The SMILES string of the molecule is CC(C)n1nccc1C(=O)N(CCCN(C)C)c1nc2ccc(Cl)cc2s1.Cl. The average molecular weight is 442 g/mol. The van der Waals surface area contributed by atoms with Gasteiger partial charge in [0.05, 0.1) is 10.2 Å². The summed E-state index contributed by atoms with van der Waals surface area (Å²) in [5, 5.41) is 5.66. The smallest absolute Gasteiger partial charge is 0.278 e. The first kappa shape index (κ1) is 22.6. The molecular formula is C19H25Cl2N5OS. The Morgan fingerprint density at radius 3 is 2.68 bits per heavy atom. The van der Waals surface area contributed by atoms with Gasteiger partial charge in [-0.25, -0.2) is 4.98 Å². The van der Waals surface area contributed by atoms with Crippen molar-refractivity contribution in [3.8, 4) is 0 Å². The summed E-state index contributed by atoms with van der Waals surface area (Å²) in [4.78, 5) is 21.9. The van der Waals surface area contributed by atoms with E-state index in [-0.39, 0.29) is 24.4 Å². The zero-order valence-electron chi connectivity index (χ0n) is 16.4. The fraction of sp³-hybridized carbons (Fsp3) is 0.421. The third kappa shape index (κ3) is 5.03. The van der Waals surface area contributed by atoms with Crippen LogP contribution in [0.15, 0.2) is 30.5 Å². The average Bonchev–Trinajstić information content (AvgIpc) is 3.24. The van der Waals surface area contributed by atoms with Crippen LogP contribution < -0.4 is 4.90 Å². The van der Waals surface area contributed by atoms with Gasteiger partial charge in [-0.05, 0) is 65.2 Å². The zero-order chi connectivity index (χ0) is 19.6. The maximum Gasteiger partial charge on any atom is 0.278 e. The topological polar surface area (TPSA) is 54.3 Å². The molecule has 0 aliphatic rings. The molecule has 6 nitrogen and oxygen atoms in total. The molecule has 0 bridgehead atoms. The minimum atomic E-state index is -0.0786. The molecule has 0 spiro atoms. The Hall–Kier alpha value is -1.67. The fourth-order valence-corrected chi connectivity index (χ4v) is 4.13. The van der Waals surface area contributed by atoms with E-state index in [2.05, 4.69) is 15.0 Å². The van der Waals surface area contributed by atoms with E-state index in [1.165, 1.54) is 11.3 Å². The molecule has 1 amide bonds. The maximum atomic E-state index is 13.3. The van der Waals surface area contributed by atoms with E-state index in [0.717, 1.165) is 23.2 Å². The van der Waals surface area contributed by atoms with Gasteiger partial charge in [0.15, 0.2) is 5.13 Å². The number of aromatic nitrogens is 3. The normalized spacial score (nSPS) is 11.2. The van der Waals surface area contributed by atoms with Crippen LogP contribution in [-0.4, -0.2) is 52.8 Å². The number of thiazole rings is 1. The molecule has 0 atom stereocenters. The van der Waals surface area contributed by atoms with Gasteiger partial charge in [0.1, 0.15) is 5.69 Å². The van der Waals surface area contributed by atoms with Gasteiger partial charge in [-0.15, -0.1) is 12.4 Å². The number of amides is 1. The van der Waals surface area contributed by atoms with Crippen molar-refractivity contribution < 1.29 is 4.79 Å². The van der Waals surface area contributed by atoms with Crippen molar-refractivity contribution in [3.63, 3.8) is 0 Å². The van der Waals surface area contributed by atoms with Crippen molar-refractivity contribution in [2.24, 2.45) is 0 Å². The van der Waals surface area contributed by atoms with E-state index < -0.39 is 0 Å². The highest BCUT2D eigenvalue weighted by Gasteiger charge is 2.24. The first-order valence-corrected chi connectivity index (χ1v) is 10.1. The number of hydrogen-bond donors (Lipinski definition) is 0. The molecule has 0 N–H and O–H groups in total. The maximum absolute atomic E-state index is 13.3. The lowest BCUT2D eigenvalue weighted by Gasteiger charge is -2.22. The summed E-state index contributed by atoms with van der Waals surface area (Å²) >= 11 is 7.59. The number of nitrogens with zero attached hydrogens (tertiary/aromatic N) is 5. The van der Waals surface area contributed by atoms with Crippen LogP contribution in [0.1, 0.15) is 36.8 Å². The molecule has 0 saturated heterocycles. The number of carbonyl (C=O) groups excluding carboxylic acids is 1. The lowest BCUT2D eigenvalue weighted by Crippen LogP contribution is -2.35. The van der Waals surface area contributed by atoms with Crippen LogP contribution in [-0.2, 0) is 0 Å². The largest absolute Gasteiger partial charge is 0.309 e. The number of halogens is 2. The quantitative estimate of drug-likeness (QED) is 0.530. The molecular weight excluding hydrogens is 417 g/mol. The summed E-state index contributed by atoms with van der Waals surface area (Å²) in [6.45, 7) is 5.51. The molecule has 152 valence electrons. The highest BCUT2D eigenvalue weighted by Crippen LogP contribution is 2.31.